The molecule has 2 heterocycles. The molecule has 3 unspecified atom stereocenters. The van der Waals surface area contributed by atoms with E-state index in [-0.39, 0.29) is 13.2 Å². The minimum atomic E-state index is -1.64. The minimum Gasteiger partial charge on any atom is -0.456 e. The predicted octanol–water partition coefficient (Wildman–Crippen LogP) is -0.0717. The molecule has 8 nitrogen and oxygen atoms in total. The van der Waals surface area contributed by atoms with E-state index in [4.69, 9.17) is 23.7 Å². The lowest BCUT2D eigenvalue weighted by molar-refractivity contribution is -0.274. The zero-order chi connectivity index (χ0) is 15.8. The fraction of sp³-hybridized carbons (Fsp3) is 0.769. The number of ether oxygens (including phenoxy) is 5. The van der Waals surface area contributed by atoms with Crippen LogP contribution in [0.1, 0.15) is 27.7 Å². The summed E-state index contributed by atoms with van der Waals surface area (Å²) >= 11 is 0. The van der Waals surface area contributed by atoms with E-state index in [0.29, 0.717) is 0 Å². The number of carbonyl (C=O) groups excluding carboxylic acids is 3. The molecule has 0 N–H and O–H groups in total. The topological polar surface area (TPSA) is 97.4 Å². The van der Waals surface area contributed by atoms with Gasteiger partial charge < -0.3 is 23.7 Å². The summed E-state index contributed by atoms with van der Waals surface area (Å²) in [5.41, 5.74) is 0. The number of hydrogen-bond acceptors (Lipinski definition) is 8. The van der Waals surface area contributed by atoms with Gasteiger partial charge in [0.2, 0.25) is 11.9 Å². The number of carbonyl (C=O) groups is 3. The highest BCUT2D eigenvalue weighted by molar-refractivity contribution is 5.93. The van der Waals surface area contributed by atoms with Crippen molar-refractivity contribution in [2.45, 2.75) is 51.5 Å². The molecule has 2 rings (SSSR count). The quantitative estimate of drug-likeness (QED) is 0.654. The summed E-state index contributed by atoms with van der Waals surface area (Å²) in [6.45, 7) is 5.37. The van der Waals surface area contributed by atoms with Gasteiger partial charge in [0.25, 0.3) is 5.79 Å². The van der Waals surface area contributed by atoms with Crippen molar-refractivity contribution in [1.82, 2.24) is 0 Å². The SMILES string of the molecule is CC(=O)OC1COC2(COC(C)(C)O2)C(=O)C1OC(C)=O. The molecule has 0 aromatic heterocycles. The van der Waals surface area contributed by atoms with Crippen LogP contribution in [-0.4, -0.2) is 54.7 Å². The van der Waals surface area contributed by atoms with Crippen LogP contribution in [0.25, 0.3) is 0 Å². The van der Waals surface area contributed by atoms with E-state index in [2.05, 4.69) is 0 Å². The Morgan fingerprint density at radius 1 is 1.14 bits per heavy atom. The van der Waals surface area contributed by atoms with Crippen LogP contribution in [0.5, 0.6) is 0 Å². The molecule has 0 aliphatic carbocycles. The number of hydrogen-bond donors (Lipinski definition) is 0. The zero-order valence-corrected chi connectivity index (χ0v) is 12.3. The molecule has 2 fully saturated rings. The Labute approximate surface area is 121 Å². The van der Waals surface area contributed by atoms with Crippen LogP contribution in [0, 0.1) is 0 Å². The van der Waals surface area contributed by atoms with Crippen LogP contribution in [0.3, 0.4) is 0 Å². The molecule has 3 atom stereocenters. The molecule has 2 aliphatic heterocycles. The number of Topliss-reactive ketones (excluding diaryl/α,β-unsaturated/α-hetero) is 1. The van der Waals surface area contributed by atoms with Crippen molar-refractivity contribution in [3.8, 4) is 0 Å². The van der Waals surface area contributed by atoms with E-state index in [1.54, 1.807) is 13.8 Å². The lowest BCUT2D eigenvalue weighted by Crippen LogP contribution is -2.61. The van der Waals surface area contributed by atoms with Crippen molar-refractivity contribution in [2.75, 3.05) is 13.2 Å². The van der Waals surface area contributed by atoms with E-state index in [0.717, 1.165) is 6.92 Å². The second kappa shape index (κ2) is 5.36. The van der Waals surface area contributed by atoms with Crippen LogP contribution >= 0.6 is 0 Å². The average molecular weight is 302 g/mol. The summed E-state index contributed by atoms with van der Waals surface area (Å²) < 4.78 is 26.3. The lowest BCUT2D eigenvalue weighted by Gasteiger charge is -2.38. The fourth-order valence-corrected chi connectivity index (χ4v) is 2.30. The van der Waals surface area contributed by atoms with E-state index >= 15 is 0 Å². The van der Waals surface area contributed by atoms with Gasteiger partial charge in [-0.25, -0.2) is 0 Å². The third-order valence-electron chi connectivity index (χ3n) is 3.08. The minimum absolute atomic E-state index is 0.122. The number of ketones is 1. The van der Waals surface area contributed by atoms with Crippen LogP contribution in [0.4, 0.5) is 0 Å². The van der Waals surface area contributed by atoms with Gasteiger partial charge in [0.15, 0.2) is 11.9 Å². The molecule has 0 aromatic carbocycles. The van der Waals surface area contributed by atoms with Gasteiger partial charge in [-0.05, 0) is 13.8 Å². The fourth-order valence-electron chi connectivity index (χ4n) is 2.30. The molecule has 0 bridgehead atoms. The maximum atomic E-state index is 12.6. The Hall–Kier alpha value is -1.51. The molecule has 118 valence electrons. The van der Waals surface area contributed by atoms with Gasteiger partial charge in [0, 0.05) is 13.8 Å². The maximum Gasteiger partial charge on any atom is 0.303 e. The van der Waals surface area contributed by atoms with Gasteiger partial charge in [-0.2, -0.15) is 0 Å². The summed E-state index contributed by atoms with van der Waals surface area (Å²) in [6.07, 6.45) is -2.28. The predicted molar refractivity (Wildman–Crippen MR) is 65.9 cm³/mol. The highest BCUT2D eigenvalue weighted by Gasteiger charge is 2.60. The first-order valence-corrected chi connectivity index (χ1v) is 6.52. The van der Waals surface area contributed by atoms with E-state index in [1.807, 2.05) is 0 Å². The van der Waals surface area contributed by atoms with Gasteiger partial charge >= 0.3 is 11.9 Å². The first-order chi connectivity index (χ1) is 9.65. The van der Waals surface area contributed by atoms with Gasteiger partial charge in [0.05, 0.1) is 6.61 Å². The average Bonchev–Trinajstić information content (AvgIpc) is 2.65. The Kier molecular flexibility index (Phi) is 4.05. The normalized spacial score (nSPS) is 34.8. The van der Waals surface area contributed by atoms with Crippen molar-refractivity contribution < 1.29 is 38.1 Å². The van der Waals surface area contributed by atoms with Crippen molar-refractivity contribution >= 4 is 17.7 Å². The highest BCUT2D eigenvalue weighted by atomic mass is 16.8. The molecule has 0 amide bonds. The first-order valence-electron chi connectivity index (χ1n) is 6.52. The van der Waals surface area contributed by atoms with E-state index < -0.39 is 41.5 Å². The van der Waals surface area contributed by atoms with Crippen LogP contribution in [0.2, 0.25) is 0 Å². The summed E-state index contributed by atoms with van der Waals surface area (Å²) in [5, 5.41) is 0. The van der Waals surface area contributed by atoms with Gasteiger partial charge in [-0.3, -0.25) is 14.4 Å². The lowest BCUT2D eigenvalue weighted by atomic mass is 9.99. The molecule has 21 heavy (non-hydrogen) atoms. The van der Waals surface area contributed by atoms with Crippen molar-refractivity contribution in [3.05, 3.63) is 0 Å². The summed E-state index contributed by atoms with van der Waals surface area (Å²) in [5.74, 6) is -4.54. The highest BCUT2D eigenvalue weighted by Crippen LogP contribution is 2.37. The Morgan fingerprint density at radius 2 is 1.76 bits per heavy atom. The maximum absolute atomic E-state index is 12.6. The third kappa shape index (κ3) is 3.22. The molecule has 2 saturated heterocycles. The van der Waals surface area contributed by atoms with Crippen molar-refractivity contribution in [3.63, 3.8) is 0 Å². The largest absolute Gasteiger partial charge is 0.456 e. The van der Waals surface area contributed by atoms with Crippen LogP contribution < -0.4 is 0 Å². The standard InChI is InChI=1S/C13H18O8/c1-7(14)19-9-5-17-13(6-18-12(3,4)21-13)11(16)10(9)20-8(2)15/h9-10H,5-6H2,1-4H3. The van der Waals surface area contributed by atoms with Crippen LogP contribution in [0.15, 0.2) is 0 Å². The third-order valence-corrected chi connectivity index (χ3v) is 3.08. The summed E-state index contributed by atoms with van der Waals surface area (Å²) in [7, 11) is 0. The molecule has 1 spiro atoms. The van der Waals surface area contributed by atoms with Crippen LogP contribution in [-0.2, 0) is 38.1 Å². The molecule has 0 aromatic rings. The molecule has 8 heteroatoms. The summed E-state index contributed by atoms with van der Waals surface area (Å²) in [4.78, 5) is 34.8. The monoisotopic (exact) mass is 302 g/mol. The zero-order valence-electron chi connectivity index (χ0n) is 12.3. The first kappa shape index (κ1) is 15.9. The molecule has 0 saturated carbocycles. The Bertz CT molecular complexity index is 471. The molecular formula is C13H18O8. The Morgan fingerprint density at radius 3 is 2.24 bits per heavy atom. The second-order valence-corrected chi connectivity index (χ2v) is 5.40. The van der Waals surface area contributed by atoms with E-state index in [1.165, 1.54) is 6.92 Å². The molecular weight excluding hydrogens is 284 g/mol. The molecule has 0 radical (unpaired) electrons. The van der Waals surface area contributed by atoms with Gasteiger partial charge in [0.1, 0.15) is 6.61 Å². The Balaban J connectivity index is 2.23. The van der Waals surface area contributed by atoms with Gasteiger partial charge in [-0.1, -0.05) is 0 Å². The number of rotatable bonds is 2. The number of esters is 2. The van der Waals surface area contributed by atoms with E-state index in [9.17, 15) is 14.4 Å². The molecule has 2 aliphatic rings. The van der Waals surface area contributed by atoms with Gasteiger partial charge in [-0.15, -0.1) is 0 Å². The summed E-state index contributed by atoms with van der Waals surface area (Å²) in [6, 6.07) is 0. The van der Waals surface area contributed by atoms with Crippen molar-refractivity contribution in [2.24, 2.45) is 0 Å². The second-order valence-electron chi connectivity index (χ2n) is 5.40. The van der Waals surface area contributed by atoms with Crippen molar-refractivity contribution in [1.29, 1.82) is 0 Å². The smallest absolute Gasteiger partial charge is 0.303 e.